The maximum Gasteiger partial charge on any atom is 0.319 e. The molecule has 0 saturated heterocycles. The minimum atomic E-state index is -3.94. The molecule has 26 heavy (non-hydrogen) atoms. The van der Waals surface area contributed by atoms with Gasteiger partial charge in [0.15, 0.2) is 15.6 Å². The topological polar surface area (TPSA) is 105 Å². The van der Waals surface area contributed by atoms with E-state index in [-0.39, 0.29) is 23.4 Å². The second-order valence-electron chi connectivity index (χ2n) is 6.26. The van der Waals surface area contributed by atoms with Gasteiger partial charge >= 0.3 is 6.03 Å². The first-order valence-electron chi connectivity index (χ1n) is 8.17. The van der Waals surface area contributed by atoms with Crippen LogP contribution in [0.25, 0.3) is 0 Å². The molecule has 0 radical (unpaired) electrons. The smallest absolute Gasteiger partial charge is 0.319 e. The number of phenols is 1. The zero-order chi connectivity index (χ0) is 19.5. The Hall–Kier alpha value is -1.77. The van der Waals surface area contributed by atoms with E-state index in [0.29, 0.717) is 0 Å². The van der Waals surface area contributed by atoms with E-state index in [1.54, 1.807) is 0 Å². The van der Waals surface area contributed by atoms with Crippen LogP contribution in [0.3, 0.4) is 0 Å². The normalized spacial score (nSPS) is 18.3. The summed E-state index contributed by atoms with van der Waals surface area (Å²) in [6.45, 7) is 3.33. The molecule has 7 nitrogen and oxygen atoms in total. The van der Waals surface area contributed by atoms with Crippen LogP contribution in [0, 0.1) is 0 Å². The Morgan fingerprint density at radius 2 is 2.15 bits per heavy atom. The molecule has 2 rings (SSSR count). The molecule has 0 aliphatic heterocycles. The number of benzene rings is 1. The van der Waals surface area contributed by atoms with Gasteiger partial charge in [-0.15, -0.1) is 0 Å². The number of carbonyl (C=O) groups excluding carboxylic acids is 1. The third-order valence-corrected chi connectivity index (χ3v) is 6.93. The zero-order valence-electron chi connectivity index (χ0n) is 14.9. The molecule has 0 spiro atoms. The van der Waals surface area contributed by atoms with Crippen molar-refractivity contribution in [2.45, 2.75) is 42.9 Å². The molecule has 2 amide bonds. The van der Waals surface area contributed by atoms with E-state index in [4.69, 9.17) is 16.3 Å². The van der Waals surface area contributed by atoms with Crippen molar-refractivity contribution in [3.63, 3.8) is 0 Å². The average Bonchev–Trinajstić information content (AvgIpc) is 2.95. The van der Waals surface area contributed by atoms with Crippen molar-refractivity contribution in [1.82, 2.24) is 5.32 Å². The quantitative estimate of drug-likeness (QED) is 0.501. The maximum atomic E-state index is 12.7. The minimum Gasteiger partial charge on any atom is -0.504 e. The number of hydrogen-bond acceptors (Lipinski definition) is 5. The Morgan fingerprint density at radius 1 is 1.46 bits per heavy atom. The van der Waals surface area contributed by atoms with Crippen molar-refractivity contribution < 1.29 is 23.1 Å². The maximum absolute atomic E-state index is 12.7. The Balaban J connectivity index is 2.26. The van der Waals surface area contributed by atoms with Crippen LogP contribution < -0.4 is 10.6 Å². The van der Waals surface area contributed by atoms with E-state index in [2.05, 4.69) is 10.6 Å². The van der Waals surface area contributed by atoms with Crippen LogP contribution in [0.1, 0.15) is 26.7 Å². The van der Waals surface area contributed by atoms with Crippen molar-refractivity contribution in [2.24, 2.45) is 0 Å². The lowest BCUT2D eigenvalue weighted by Gasteiger charge is -2.18. The Morgan fingerprint density at radius 3 is 2.73 bits per heavy atom. The number of rotatable bonds is 6. The number of ether oxygens (including phenoxy) is 1. The van der Waals surface area contributed by atoms with Gasteiger partial charge < -0.3 is 20.5 Å². The lowest BCUT2D eigenvalue weighted by atomic mass is 10.2. The molecule has 144 valence electrons. The van der Waals surface area contributed by atoms with Gasteiger partial charge in [-0.05, 0) is 38.8 Å². The molecule has 1 aliphatic rings. The molecular formula is C17H23ClN2O5S. The molecule has 1 aliphatic carbocycles. The summed E-state index contributed by atoms with van der Waals surface area (Å²) in [6, 6.07) is 2.07. The van der Waals surface area contributed by atoms with Crippen LogP contribution >= 0.6 is 11.6 Å². The van der Waals surface area contributed by atoms with Gasteiger partial charge in [0, 0.05) is 7.11 Å². The highest BCUT2D eigenvalue weighted by atomic mass is 35.5. The first kappa shape index (κ1) is 20.5. The number of hydrogen-bond donors (Lipinski definition) is 3. The number of allylic oxidation sites excluding steroid dienone is 1. The van der Waals surface area contributed by atoms with Gasteiger partial charge in [-0.3, -0.25) is 0 Å². The number of anilines is 1. The SMILES string of the molecule is COCC(C)S(=O)(=O)c1c(Cl)ccc(NC(=O)N[C@@H]2CCC=C2C)c1O. The number of carbonyl (C=O) groups is 1. The molecule has 3 N–H and O–H groups in total. The minimum absolute atomic E-state index is 0.0327. The molecule has 1 aromatic rings. The van der Waals surface area contributed by atoms with Crippen LogP contribution in [0.4, 0.5) is 10.5 Å². The number of amides is 2. The fraction of sp³-hybridized carbons (Fsp3) is 0.471. The number of urea groups is 1. The summed E-state index contributed by atoms with van der Waals surface area (Å²) in [4.78, 5) is 11.8. The summed E-state index contributed by atoms with van der Waals surface area (Å²) in [5.41, 5.74) is 1.03. The van der Waals surface area contributed by atoms with E-state index in [1.807, 2.05) is 13.0 Å². The third kappa shape index (κ3) is 4.31. The van der Waals surface area contributed by atoms with E-state index in [0.717, 1.165) is 18.4 Å². The average molecular weight is 403 g/mol. The summed E-state index contributed by atoms with van der Waals surface area (Å²) in [5.74, 6) is -0.589. The van der Waals surface area contributed by atoms with Gasteiger partial charge in [-0.25, -0.2) is 13.2 Å². The summed E-state index contributed by atoms with van der Waals surface area (Å²) >= 11 is 6.01. The number of methoxy groups -OCH3 is 1. The van der Waals surface area contributed by atoms with Gasteiger partial charge in [-0.1, -0.05) is 23.3 Å². The largest absolute Gasteiger partial charge is 0.504 e. The highest BCUT2D eigenvalue weighted by Gasteiger charge is 2.31. The number of sulfone groups is 1. The Kier molecular flexibility index (Phi) is 6.54. The summed E-state index contributed by atoms with van der Waals surface area (Å²) in [7, 11) is -2.56. The van der Waals surface area contributed by atoms with Crippen molar-refractivity contribution in [3.05, 3.63) is 28.8 Å². The summed E-state index contributed by atoms with van der Waals surface area (Å²) in [5, 5.41) is 14.7. The number of aromatic hydroxyl groups is 1. The lowest BCUT2D eigenvalue weighted by molar-refractivity contribution is 0.200. The van der Waals surface area contributed by atoms with Gasteiger partial charge in [0.2, 0.25) is 0 Å². The van der Waals surface area contributed by atoms with Crippen molar-refractivity contribution in [1.29, 1.82) is 0 Å². The van der Waals surface area contributed by atoms with Gasteiger partial charge in [0.05, 0.1) is 28.6 Å². The van der Waals surface area contributed by atoms with Crippen molar-refractivity contribution >= 4 is 33.2 Å². The zero-order valence-corrected chi connectivity index (χ0v) is 16.4. The first-order chi connectivity index (χ1) is 12.2. The van der Waals surface area contributed by atoms with Crippen LogP contribution in [0.5, 0.6) is 5.75 Å². The van der Waals surface area contributed by atoms with Gasteiger partial charge in [-0.2, -0.15) is 0 Å². The van der Waals surface area contributed by atoms with Gasteiger partial charge in [0.1, 0.15) is 4.90 Å². The number of phenolic OH excluding ortho intramolecular Hbond substituents is 1. The predicted octanol–water partition coefficient (Wildman–Crippen LogP) is 3.08. The van der Waals surface area contributed by atoms with Crippen LogP contribution in [-0.4, -0.2) is 44.6 Å². The number of halogens is 1. The molecule has 0 fully saturated rings. The van der Waals surface area contributed by atoms with E-state index < -0.39 is 31.8 Å². The Bertz CT molecular complexity index is 823. The molecule has 0 bridgehead atoms. The van der Waals surface area contributed by atoms with Crippen LogP contribution in [0.2, 0.25) is 5.02 Å². The molecule has 0 saturated carbocycles. The molecular weight excluding hydrogens is 380 g/mol. The standard InChI is InChI=1S/C17H23ClN2O5S/c1-10-5-4-6-13(10)19-17(22)20-14-8-7-12(18)16(15(14)21)26(23,24)11(2)9-25-3/h5,7-8,11,13,21H,4,6,9H2,1-3H3,(H2,19,20,22)/t11?,13-/m1/s1. The molecule has 2 atom stereocenters. The number of nitrogens with one attached hydrogen (secondary N) is 2. The fourth-order valence-corrected chi connectivity index (χ4v) is 4.71. The van der Waals surface area contributed by atoms with Crippen molar-refractivity contribution in [3.8, 4) is 5.75 Å². The molecule has 0 aromatic heterocycles. The third-order valence-electron chi connectivity index (χ3n) is 4.32. The van der Waals surface area contributed by atoms with Gasteiger partial charge in [0.25, 0.3) is 0 Å². The molecule has 0 heterocycles. The first-order valence-corrected chi connectivity index (χ1v) is 10.1. The molecule has 9 heteroatoms. The predicted molar refractivity (Wildman–Crippen MR) is 101 cm³/mol. The van der Waals surface area contributed by atoms with Crippen LogP contribution in [-0.2, 0) is 14.6 Å². The van der Waals surface area contributed by atoms with Crippen molar-refractivity contribution in [2.75, 3.05) is 19.0 Å². The highest BCUT2D eigenvalue weighted by molar-refractivity contribution is 7.92. The fourth-order valence-electron chi connectivity index (χ4n) is 2.79. The lowest BCUT2D eigenvalue weighted by Crippen LogP contribution is -2.37. The molecule has 1 unspecified atom stereocenters. The Labute approximate surface area is 158 Å². The van der Waals surface area contributed by atoms with Crippen LogP contribution in [0.15, 0.2) is 28.7 Å². The summed E-state index contributed by atoms with van der Waals surface area (Å²) in [6.07, 6.45) is 3.75. The second kappa shape index (κ2) is 8.28. The second-order valence-corrected chi connectivity index (χ2v) is 8.97. The van der Waals surface area contributed by atoms with E-state index in [9.17, 15) is 18.3 Å². The van der Waals surface area contributed by atoms with E-state index >= 15 is 0 Å². The highest BCUT2D eigenvalue weighted by Crippen LogP contribution is 2.38. The van der Waals surface area contributed by atoms with E-state index in [1.165, 1.54) is 26.2 Å². The molecule has 1 aromatic carbocycles. The summed E-state index contributed by atoms with van der Waals surface area (Å²) < 4.78 is 30.2. The monoisotopic (exact) mass is 402 g/mol.